The van der Waals surface area contributed by atoms with Gasteiger partial charge in [-0.15, -0.1) is 11.3 Å². The van der Waals surface area contributed by atoms with E-state index in [1.165, 1.54) is 0 Å². The van der Waals surface area contributed by atoms with Gasteiger partial charge in [0.2, 0.25) is 5.28 Å². The van der Waals surface area contributed by atoms with E-state index in [-0.39, 0.29) is 11.3 Å². The van der Waals surface area contributed by atoms with Crippen LogP contribution < -0.4 is 5.32 Å². The Kier molecular flexibility index (Phi) is 4.02. The Hall–Kier alpha value is -1.36. The molecule has 0 saturated heterocycles. The van der Waals surface area contributed by atoms with Gasteiger partial charge in [-0.05, 0) is 43.1 Å². The van der Waals surface area contributed by atoms with Crippen LogP contribution >= 0.6 is 34.5 Å². The zero-order valence-corrected chi connectivity index (χ0v) is 13.9. The molecule has 3 nitrogen and oxygen atoms in total. The van der Waals surface area contributed by atoms with Crippen molar-refractivity contribution in [3.63, 3.8) is 0 Å². The maximum Gasteiger partial charge on any atom is 0.225 e. The standard InChI is InChI=1S/C15H13Cl2N3S/c1-8(2)18-13-12-11(9-3-5-10(16)6-4-9)7-21-14(12)20-15(17)19-13/h3-8H,1-2H3,(H,18,19,20). The molecule has 2 aromatic heterocycles. The summed E-state index contributed by atoms with van der Waals surface area (Å²) in [6, 6.07) is 8.02. The number of fused-ring (bicyclic) bond motifs is 1. The van der Waals surface area contributed by atoms with Crippen LogP contribution in [-0.4, -0.2) is 16.0 Å². The molecule has 0 fully saturated rings. The number of nitrogens with zero attached hydrogens (tertiary/aromatic N) is 2. The summed E-state index contributed by atoms with van der Waals surface area (Å²) in [5.74, 6) is 0.770. The maximum absolute atomic E-state index is 6.01. The summed E-state index contributed by atoms with van der Waals surface area (Å²) < 4.78 is 0. The minimum Gasteiger partial charge on any atom is -0.367 e. The second kappa shape index (κ2) is 5.79. The van der Waals surface area contributed by atoms with Gasteiger partial charge in [0.1, 0.15) is 10.6 Å². The van der Waals surface area contributed by atoms with Gasteiger partial charge in [-0.3, -0.25) is 0 Å². The molecule has 0 atom stereocenters. The average Bonchev–Trinajstić information content (AvgIpc) is 2.82. The number of halogens is 2. The summed E-state index contributed by atoms with van der Waals surface area (Å²) >= 11 is 13.5. The van der Waals surface area contributed by atoms with Crippen molar-refractivity contribution in [1.82, 2.24) is 9.97 Å². The Morgan fingerprint density at radius 1 is 1.10 bits per heavy atom. The van der Waals surface area contributed by atoms with Crippen molar-refractivity contribution in [2.45, 2.75) is 19.9 Å². The van der Waals surface area contributed by atoms with Crippen LogP contribution in [0, 0.1) is 0 Å². The van der Waals surface area contributed by atoms with Crippen LogP contribution in [-0.2, 0) is 0 Å². The molecule has 1 N–H and O–H groups in total. The molecule has 2 heterocycles. The number of thiophene rings is 1. The van der Waals surface area contributed by atoms with E-state index in [1.54, 1.807) is 11.3 Å². The number of nitrogens with one attached hydrogen (secondary N) is 1. The van der Waals surface area contributed by atoms with Gasteiger partial charge in [0.25, 0.3) is 0 Å². The predicted molar refractivity (Wildman–Crippen MR) is 91.6 cm³/mol. The van der Waals surface area contributed by atoms with Crippen LogP contribution in [0.2, 0.25) is 10.3 Å². The molecule has 0 aliphatic carbocycles. The summed E-state index contributed by atoms with van der Waals surface area (Å²) in [6.45, 7) is 4.13. The number of rotatable bonds is 3. The highest BCUT2D eigenvalue weighted by Crippen LogP contribution is 2.38. The summed E-state index contributed by atoms with van der Waals surface area (Å²) in [7, 11) is 0. The topological polar surface area (TPSA) is 37.8 Å². The third kappa shape index (κ3) is 2.98. The van der Waals surface area contributed by atoms with E-state index in [2.05, 4.69) is 34.5 Å². The zero-order chi connectivity index (χ0) is 15.0. The fourth-order valence-corrected chi connectivity index (χ4v) is 3.43. The Morgan fingerprint density at radius 2 is 1.81 bits per heavy atom. The van der Waals surface area contributed by atoms with Crippen LogP contribution in [0.5, 0.6) is 0 Å². The van der Waals surface area contributed by atoms with Gasteiger partial charge in [-0.25, -0.2) is 9.97 Å². The smallest absolute Gasteiger partial charge is 0.225 e. The second-order valence-corrected chi connectivity index (χ2v) is 6.61. The molecule has 0 saturated carbocycles. The fourth-order valence-electron chi connectivity index (χ4n) is 2.14. The first-order chi connectivity index (χ1) is 10.0. The lowest BCUT2D eigenvalue weighted by molar-refractivity contribution is 0.891. The second-order valence-electron chi connectivity index (χ2n) is 4.98. The first-order valence-electron chi connectivity index (χ1n) is 6.52. The van der Waals surface area contributed by atoms with Gasteiger partial charge < -0.3 is 5.32 Å². The van der Waals surface area contributed by atoms with Gasteiger partial charge in [-0.2, -0.15) is 0 Å². The monoisotopic (exact) mass is 337 g/mol. The molecule has 0 bridgehead atoms. The van der Waals surface area contributed by atoms with Gasteiger partial charge in [0.15, 0.2) is 0 Å². The highest BCUT2D eigenvalue weighted by molar-refractivity contribution is 7.17. The molecular weight excluding hydrogens is 325 g/mol. The van der Waals surface area contributed by atoms with Crippen LogP contribution in [0.3, 0.4) is 0 Å². The molecule has 6 heteroatoms. The first-order valence-corrected chi connectivity index (χ1v) is 8.15. The fraction of sp³-hybridized carbons (Fsp3) is 0.200. The molecule has 0 radical (unpaired) electrons. The normalized spacial score (nSPS) is 11.3. The molecule has 0 spiro atoms. The zero-order valence-electron chi connectivity index (χ0n) is 11.5. The molecule has 108 valence electrons. The van der Waals surface area contributed by atoms with Crippen LogP contribution in [0.1, 0.15) is 13.8 Å². The third-order valence-electron chi connectivity index (χ3n) is 2.99. The minimum atomic E-state index is 0.259. The van der Waals surface area contributed by atoms with E-state index in [9.17, 15) is 0 Å². The van der Waals surface area contributed by atoms with Gasteiger partial charge in [0.05, 0.1) is 5.39 Å². The van der Waals surface area contributed by atoms with Crippen molar-refractivity contribution < 1.29 is 0 Å². The summed E-state index contributed by atoms with van der Waals surface area (Å²) in [5, 5.41) is 7.40. The van der Waals surface area contributed by atoms with Crippen LogP contribution in [0.25, 0.3) is 21.3 Å². The van der Waals surface area contributed by atoms with E-state index in [0.29, 0.717) is 0 Å². The Labute approximate surface area is 137 Å². The predicted octanol–water partition coefficient (Wildman–Crippen LogP) is 5.49. The van der Waals surface area contributed by atoms with Crippen LogP contribution in [0.4, 0.5) is 5.82 Å². The molecule has 3 rings (SSSR count). The molecule has 0 unspecified atom stereocenters. The van der Waals surface area contributed by atoms with Crippen molar-refractivity contribution in [3.8, 4) is 11.1 Å². The lowest BCUT2D eigenvalue weighted by atomic mass is 10.1. The first kappa shape index (κ1) is 14.6. The molecule has 0 amide bonds. The van der Waals surface area contributed by atoms with Gasteiger partial charge in [-0.1, -0.05) is 23.7 Å². The molecule has 0 aliphatic heterocycles. The largest absolute Gasteiger partial charge is 0.367 e. The van der Waals surface area contributed by atoms with E-state index < -0.39 is 0 Å². The molecule has 1 aromatic carbocycles. The quantitative estimate of drug-likeness (QED) is 0.642. The van der Waals surface area contributed by atoms with Crippen molar-refractivity contribution in [2.75, 3.05) is 5.32 Å². The lowest BCUT2D eigenvalue weighted by Crippen LogP contribution is -2.11. The van der Waals surface area contributed by atoms with Crippen molar-refractivity contribution in [2.24, 2.45) is 0 Å². The number of hydrogen-bond acceptors (Lipinski definition) is 4. The Morgan fingerprint density at radius 3 is 2.48 bits per heavy atom. The Balaban J connectivity index is 2.22. The SMILES string of the molecule is CC(C)Nc1nc(Cl)nc2scc(-c3ccc(Cl)cc3)c12. The number of benzene rings is 1. The molecule has 21 heavy (non-hydrogen) atoms. The van der Waals surface area contributed by atoms with Crippen LogP contribution in [0.15, 0.2) is 29.6 Å². The molecular formula is C15H13Cl2N3S. The number of anilines is 1. The minimum absolute atomic E-state index is 0.259. The Bertz CT molecular complexity index is 781. The van der Waals surface area contributed by atoms with E-state index in [0.717, 1.165) is 32.2 Å². The number of hydrogen-bond donors (Lipinski definition) is 1. The summed E-state index contributed by atoms with van der Waals surface area (Å²) in [6.07, 6.45) is 0. The lowest BCUT2D eigenvalue weighted by Gasteiger charge is -2.11. The van der Waals surface area contributed by atoms with Crippen molar-refractivity contribution in [1.29, 1.82) is 0 Å². The highest BCUT2D eigenvalue weighted by atomic mass is 35.5. The van der Waals surface area contributed by atoms with E-state index in [1.807, 2.05) is 24.3 Å². The van der Waals surface area contributed by atoms with Gasteiger partial charge in [0, 0.05) is 22.0 Å². The molecule has 0 aliphatic rings. The summed E-state index contributed by atoms with van der Waals surface area (Å²) in [4.78, 5) is 9.53. The maximum atomic E-state index is 6.01. The third-order valence-corrected chi connectivity index (χ3v) is 4.28. The average molecular weight is 338 g/mol. The van der Waals surface area contributed by atoms with E-state index >= 15 is 0 Å². The summed E-state index contributed by atoms with van der Waals surface area (Å²) in [5.41, 5.74) is 2.18. The van der Waals surface area contributed by atoms with Gasteiger partial charge >= 0.3 is 0 Å². The van der Waals surface area contributed by atoms with Crippen molar-refractivity contribution >= 4 is 50.6 Å². The number of aromatic nitrogens is 2. The van der Waals surface area contributed by atoms with Crippen molar-refractivity contribution in [3.05, 3.63) is 40.0 Å². The highest BCUT2D eigenvalue weighted by Gasteiger charge is 2.15. The van der Waals surface area contributed by atoms with E-state index in [4.69, 9.17) is 23.2 Å². The molecule has 3 aromatic rings.